The number of hydrogen-bond acceptors (Lipinski definition) is 3. The van der Waals surface area contributed by atoms with Gasteiger partial charge in [-0.3, -0.25) is 4.79 Å². The Labute approximate surface area is 112 Å². The summed E-state index contributed by atoms with van der Waals surface area (Å²) in [4.78, 5) is 12.8. The summed E-state index contributed by atoms with van der Waals surface area (Å²) in [7, 11) is 1.65. The molecule has 1 aromatic rings. The van der Waals surface area contributed by atoms with Gasteiger partial charge in [0, 0.05) is 10.9 Å². The molecule has 1 saturated carbocycles. The number of amides is 1. The van der Waals surface area contributed by atoms with Gasteiger partial charge in [-0.25, -0.2) is 0 Å². The second kappa shape index (κ2) is 6.14. The highest BCUT2D eigenvalue weighted by Gasteiger charge is 2.28. The summed E-state index contributed by atoms with van der Waals surface area (Å²) in [6.45, 7) is 2.09. The molecule has 0 aliphatic heterocycles. The van der Waals surface area contributed by atoms with Crippen molar-refractivity contribution in [1.82, 2.24) is 5.32 Å². The highest BCUT2D eigenvalue weighted by atomic mass is 32.2. The van der Waals surface area contributed by atoms with E-state index in [0.29, 0.717) is 17.7 Å². The zero-order chi connectivity index (χ0) is 13.0. The van der Waals surface area contributed by atoms with Crippen LogP contribution in [0.25, 0.3) is 0 Å². The highest BCUT2D eigenvalue weighted by molar-refractivity contribution is 8.00. The van der Waals surface area contributed by atoms with Crippen molar-refractivity contribution in [2.45, 2.75) is 30.7 Å². The molecule has 0 radical (unpaired) electrons. The van der Waals surface area contributed by atoms with Gasteiger partial charge in [-0.05, 0) is 37.8 Å². The van der Waals surface area contributed by atoms with E-state index >= 15 is 0 Å². The van der Waals surface area contributed by atoms with Crippen LogP contribution in [0.3, 0.4) is 0 Å². The molecule has 3 nitrogen and oxygen atoms in total. The van der Waals surface area contributed by atoms with Crippen LogP contribution < -0.4 is 10.1 Å². The second-order valence-electron chi connectivity index (χ2n) is 4.63. The quantitative estimate of drug-likeness (QED) is 0.804. The summed E-state index contributed by atoms with van der Waals surface area (Å²) in [6, 6.07) is 8.08. The highest BCUT2D eigenvalue weighted by Crippen LogP contribution is 2.32. The van der Waals surface area contributed by atoms with Gasteiger partial charge in [-0.2, -0.15) is 0 Å². The lowest BCUT2D eigenvalue weighted by molar-refractivity contribution is -0.119. The Balaban J connectivity index is 1.81. The Kier molecular flexibility index (Phi) is 4.53. The number of para-hydroxylation sites is 1. The van der Waals surface area contributed by atoms with Crippen molar-refractivity contribution in [2.24, 2.45) is 5.92 Å². The fourth-order valence-corrected chi connectivity index (χ4v) is 2.73. The lowest BCUT2D eigenvalue weighted by Crippen LogP contribution is -2.35. The van der Waals surface area contributed by atoms with Crippen LogP contribution in [-0.2, 0) is 4.79 Å². The summed E-state index contributed by atoms with van der Waals surface area (Å²) in [5.41, 5.74) is 0. The van der Waals surface area contributed by atoms with Crippen LogP contribution in [-0.4, -0.2) is 24.8 Å². The molecular weight excluding hydrogens is 246 g/mol. The molecule has 0 bridgehead atoms. The van der Waals surface area contributed by atoms with Crippen molar-refractivity contribution >= 4 is 17.7 Å². The maximum atomic E-state index is 11.8. The Morgan fingerprint density at radius 3 is 2.89 bits per heavy atom. The van der Waals surface area contributed by atoms with E-state index in [1.165, 1.54) is 24.6 Å². The molecule has 0 unspecified atom stereocenters. The van der Waals surface area contributed by atoms with E-state index in [-0.39, 0.29) is 5.91 Å². The van der Waals surface area contributed by atoms with E-state index in [9.17, 15) is 4.79 Å². The molecule has 0 heterocycles. The maximum Gasteiger partial charge on any atom is 0.230 e. The summed E-state index contributed by atoms with van der Waals surface area (Å²) in [6.07, 6.45) is 2.50. The summed E-state index contributed by atoms with van der Waals surface area (Å²) >= 11 is 1.52. The van der Waals surface area contributed by atoms with E-state index < -0.39 is 0 Å². The van der Waals surface area contributed by atoms with Crippen LogP contribution in [0, 0.1) is 5.92 Å². The van der Waals surface area contributed by atoms with E-state index in [1.807, 2.05) is 24.3 Å². The number of hydrogen-bond donors (Lipinski definition) is 1. The number of nitrogens with one attached hydrogen (secondary N) is 1. The van der Waals surface area contributed by atoms with Crippen molar-refractivity contribution in [3.05, 3.63) is 24.3 Å². The van der Waals surface area contributed by atoms with Crippen molar-refractivity contribution in [3.63, 3.8) is 0 Å². The SMILES string of the molecule is COc1ccccc1SCC(=O)N[C@@H](C)C1CC1. The van der Waals surface area contributed by atoms with Gasteiger partial charge in [0.2, 0.25) is 5.91 Å². The molecule has 1 aliphatic carbocycles. The molecule has 1 fully saturated rings. The molecule has 1 atom stereocenters. The first kappa shape index (κ1) is 13.3. The molecular formula is C14H19NO2S. The first-order valence-electron chi connectivity index (χ1n) is 6.26. The minimum atomic E-state index is 0.102. The first-order valence-corrected chi connectivity index (χ1v) is 7.24. The summed E-state index contributed by atoms with van der Waals surface area (Å²) in [5, 5.41) is 3.05. The minimum absolute atomic E-state index is 0.102. The van der Waals surface area contributed by atoms with Gasteiger partial charge in [0.15, 0.2) is 0 Å². The molecule has 1 amide bonds. The smallest absolute Gasteiger partial charge is 0.230 e. The predicted molar refractivity (Wildman–Crippen MR) is 74.0 cm³/mol. The average Bonchev–Trinajstić information content (AvgIpc) is 3.21. The molecule has 98 valence electrons. The number of carbonyl (C=O) groups excluding carboxylic acids is 1. The van der Waals surface area contributed by atoms with Crippen molar-refractivity contribution in [3.8, 4) is 5.75 Å². The van der Waals surface area contributed by atoms with Gasteiger partial charge in [0.05, 0.1) is 12.9 Å². The van der Waals surface area contributed by atoms with Crippen molar-refractivity contribution < 1.29 is 9.53 Å². The molecule has 1 N–H and O–H groups in total. The lowest BCUT2D eigenvalue weighted by atomic mass is 10.2. The summed E-state index contributed by atoms with van der Waals surface area (Å²) in [5.74, 6) is 2.07. The molecule has 0 spiro atoms. The first-order chi connectivity index (χ1) is 8.70. The monoisotopic (exact) mass is 265 g/mol. The van der Waals surface area contributed by atoms with Gasteiger partial charge < -0.3 is 10.1 Å². The predicted octanol–water partition coefficient (Wildman–Crippen LogP) is 2.70. The fourth-order valence-electron chi connectivity index (χ4n) is 1.89. The van der Waals surface area contributed by atoms with Gasteiger partial charge in [-0.15, -0.1) is 11.8 Å². The number of methoxy groups -OCH3 is 1. The topological polar surface area (TPSA) is 38.3 Å². The van der Waals surface area contributed by atoms with Crippen molar-refractivity contribution in [1.29, 1.82) is 0 Å². The van der Waals surface area contributed by atoms with Gasteiger partial charge in [0.25, 0.3) is 0 Å². The normalized spacial score (nSPS) is 16.1. The Bertz CT molecular complexity index is 418. The Morgan fingerprint density at radius 1 is 1.50 bits per heavy atom. The van der Waals surface area contributed by atoms with Crippen LogP contribution in [0.5, 0.6) is 5.75 Å². The number of rotatable bonds is 6. The van der Waals surface area contributed by atoms with Gasteiger partial charge in [0.1, 0.15) is 5.75 Å². The largest absolute Gasteiger partial charge is 0.496 e. The number of ether oxygens (including phenoxy) is 1. The third-order valence-electron chi connectivity index (χ3n) is 3.15. The molecule has 0 saturated heterocycles. The van der Waals surface area contributed by atoms with E-state index in [2.05, 4.69) is 12.2 Å². The average molecular weight is 265 g/mol. The van der Waals surface area contributed by atoms with Crippen molar-refractivity contribution in [2.75, 3.05) is 12.9 Å². The lowest BCUT2D eigenvalue weighted by Gasteiger charge is -2.13. The van der Waals surface area contributed by atoms with Crippen LogP contribution in [0.2, 0.25) is 0 Å². The Hall–Kier alpha value is -1.16. The fraction of sp³-hybridized carbons (Fsp3) is 0.500. The van der Waals surface area contributed by atoms with Gasteiger partial charge in [-0.1, -0.05) is 12.1 Å². The van der Waals surface area contributed by atoms with E-state index in [0.717, 1.165) is 10.6 Å². The van der Waals surface area contributed by atoms with Crippen LogP contribution in [0.1, 0.15) is 19.8 Å². The molecule has 2 rings (SSSR count). The van der Waals surface area contributed by atoms with E-state index in [1.54, 1.807) is 7.11 Å². The molecule has 4 heteroatoms. The third-order valence-corrected chi connectivity index (χ3v) is 4.20. The number of thioether (sulfide) groups is 1. The molecule has 1 aliphatic rings. The van der Waals surface area contributed by atoms with Crippen LogP contribution >= 0.6 is 11.8 Å². The van der Waals surface area contributed by atoms with Gasteiger partial charge >= 0.3 is 0 Å². The van der Waals surface area contributed by atoms with Crippen LogP contribution in [0.15, 0.2) is 29.2 Å². The summed E-state index contributed by atoms with van der Waals surface area (Å²) < 4.78 is 5.25. The zero-order valence-corrected chi connectivity index (χ0v) is 11.6. The molecule has 0 aromatic heterocycles. The number of carbonyl (C=O) groups is 1. The molecule has 1 aromatic carbocycles. The second-order valence-corrected chi connectivity index (χ2v) is 5.65. The Morgan fingerprint density at radius 2 is 2.22 bits per heavy atom. The zero-order valence-electron chi connectivity index (χ0n) is 10.8. The minimum Gasteiger partial charge on any atom is -0.496 e. The van der Waals surface area contributed by atoms with Crippen LogP contribution in [0.4, 0.5) is 0 Å². The standard InChI is InChI=1S/C14H19NO2S/c1-10(11-7-8-11)15-14(16)9-18-13-6-4-3-5-12(13)17-2/h3-6,10-11H,7-9H2,1-2H3,(H,15,16)/t10-/m0/s1. The maximum absolute atomic E-state index is 11.8. The third kappa shape index (κ3) is 3.67. The molecule has 18 heavy (non-hydrogen) atoms. The van der Waals surface area contributed by atoms with E-state index in [4.69, 9.17) is 4.74 Å². The number of benzene rings is 1.